The maximum absolute atomic E-state index is 12.5. The lowest BCUT2D eigenvalue weighted by Crippen LogP contribution is -2.68. The van der Waals surface area contributed by atoms with E-state index in [9.17, 15) is 123 Å². The van der Waals surface area contributed by atoms with Gasteiger partial charge in [0.2, 0.25) is 0 Å². The molecule has 41 heteroatoms. The van der Waals surface area contributed by atoms with E-state index in [0.717, 1.165) is 0 Å². The molecular formula is C59H102O41. The summed E-state index contributed by atoms with van der Waals surface area (Å²) in [5.74, 6) is -4.27. The van der Waals surface area contributed by atoms with Gasteiger partial charge in [-0.15, -0.1) is 0 Å². The lowest BCUT2D eigenvalue weighted by Gasteiger charge is -2.51. The van der Waals surface area contributed by atoms with Crippen LogP contribution in [0.2, 0.25) is 0 Å². The number of rotatable bonds is 25. The molecule has 100 heavy (non-hydrogen) atoms. The fourth-order valence-corrected chi connectivity index (χ4v) is 13.8. The molecule has 24 N–H and O–H groups in total. The number of aliphatic hydroxyl groups is 24. The zero-order valence-electron chi connectivity index (χ0n) is 55.0. The maximum atomic E-state index is 12.5. The molecule has 9 aliphatic rings. The van der Waals surface area contributed by atoms with Gasteiger partial charge in [-0.3, -0.25) is 0 Å². The quantitative estimate of drug-likeness (QED) is 0.0404. The van der Waals surface area contributed by atoms with E-state index in [1.54, 1.807) is 13.8 Å². The Balaban J connectivity index is 0.986. The van der Waals surface area contributed by atoms with Crippen LogP contribution in [-0.4, -0.2) is 434 Å². The molecule has 0 aliphatic carbocycles. The Morgan fingerprint density at radius 2 is 0.460 bits per heavy atom. The Labute approximate surface area is 571 Å². The standard InChI is InChI=1S/C59H102O41/c1-15-19(5)85-24(10-64)45(29(15)68)94-52-16(2)30(69)48(27(13-67)90-52)97-57-44(83)49(98-59-51(41(80)36(75)23(9-63)89-59)100-54-18(4)32(71)47(26(12-66)92-54)96-56-43(82)39(78)34(73)21(7-61)87-56)37(76)28(93-57)14-84-58-50(40(79)35(74)22(8-62)88-58)99-53-17(3)31(70)46(25(11-65)91-53)95-55-42(81)38(77)33(72)20(6-60)86-55/h15-83H,6-14H2,1-5H3/t15?,16-,17?,18-,19-,20?,21?,22?,23+,24?,25-,26?,27?,28?,29+,30?,31?,32?,33-,34-,35+,36+,37+,38?,39?,40?,41?,42-,43-,44?,45+,46+,47+,48+,49-,50+,51?,52-,53-,54-,55-,56-,57-,58-,59+/m0/s1. The van der Waals surface area contributed by atoms with Gasteiger partial charge in [0.25, 0.3) is 0 Å². The molecule has 45 atom stereocenters. The molecule has 0 radical (unpaired) electrons. The van der Waals surface area contributed by atoms with Gasteiger partial charge in [-0.1, -0.05) is 27.7 Å². The molecule has 584 valence electrons. The average Bonchev–Trinajstić information content (AvgIpc) is 0.775. The van der Waals surface area contributed by atoms with Crippen molar-refractivity contribution in [2.45, 2.75) is 286 Å². The minimum Gasteiger partial charge on any atom is -0.394 e. The van der Waals surface area contributed by atoms with Crippen LogP contribution in [0.1, 0.15) is 34.6 Å². The second-order valence-corrected chi connectivity index (χ2v) is 27.0. The van der Waals surface area contributed by atoms with Crippen molar-refractivity contribution in [3.05, 3.63) is 0 Å². The Morgan fingerprint density at radius 1 is 0.200 bits per heavy atom. The van der Waals surface area contributed by atoms with Crippen molar-refractivity contribution in [2.75, 3.05) is 59.5 Å². The summed E-state index contributed by atoms with van der Waals surface area (Å²) in [6.45, 7) is -0.769. The van der Waals surface area contributed by atoms with E-state index in [2.05, 4.69) is 0 Å². The summed E-state index contributed by atoms with van der Waals surface area (Å²) < 4.78 is 102. The van der Waals surface area contributed by atoms with Crippen molar-refractivity contribution < 1.29 is 203 Å². The lowest BCUT2D eigenvalue weighted by molar-refractivity contribution is -0.402. The van der Waals surface area contributed by atoms with Gasteiger partial charge < -0.3 is 203 Å². The van der Waals surface area contributed by atoms with E-state index in [4.69, 9.17) is 80.5 Å². The van der Waals surface area contributed by atoms with Crippen molar-refractivity contribution in [1.29, 1.82) is 0 Å². The molecule has 0 aromatic heterocycles. The summed E-state index contributed by atoms with van der Waals surface area (Å²) >= 11 is 0. The molecule has 0 saturated carbocycles. The van der Waals surface area contributed by atoms with Gasteiger partial charge in [0, 0.05) is 23.7 Å². The molecule has 0 spiro atoms. The van der Waals surface area contributed by atoms with Crippen LogP contribution in [-0.2, 0) is 80.5 Å². The molecule has 0 aromatic carbocycles. The fraction of sp³-hybridized carbons (Fsp3) is 1.00. The Morgan fingerprint density at radius 3 is 0.830 bits per heavy atom. The lowest BCUT2D eigenvalue weighted by atomic mass is 9.88. The highest BCUT2D eigenvalue weighted by molar-refractivity contribution is 5.02. The zero-order valence-corrected chi connectivity index (χ0v) is 55.0. The monoisotopic (exact) mass is 1470 g/mol. The molecule has 0 amide bonds. The number of hydrogen-bond acceptors (Lipinski definition) is 41. The van der Waals surface area contributed by atoms with Gasteiger partial charge >= 0.3 is 0 Å². The zero-order chi connectivity index (χ0) is 73.4. The first-order valence-electron chi connectivity index (χ1n) is 33.3. The van der Waals surface area contributed by atoms with E-state index in [1.165, 1.54) is 20.8 Å². The second kappa shape index (κ2) is 35.6. The topological polar surface area (TPSA) is 642 Å². The van der Waals surface area contributed by atoms with E-state index >= 15 is 0 Å². The van der Waals surface area contributed by atoms with Crippen molar-refractivity contribution >= 4 is 0 Å². The first-order valence-corrected chi connectivity index (χ1v) is 33.3. The van der Waals surface area contributed by atoms with E-state index in [0.29, 0.717) is 0 Å². The molecule has 0 aromatic rings. The number of hydrogen-bond donors (Lipinski definition) is 24. The molecule has 18 unspecified atom stereocenters. The smallest absolute Gasteiger partial charge is 0.187 e. The van der Waals surface area contributed by atoms with Gasteiger partial charge in [0.05, 0.1) is 90.0 Å². The van der Waals surface area contributed by atoms with Gasteiger partial charge in [0.1, 0.15) is 171 Å². The van der Waals surface area contributed by atoms with E-state index in [-0.39, 0.29) is 0 Å². The van der Waals surface area contributed by atoms with Crippen molar-refractivity contribution in [3.63, 3.8) is 0 Å². The minimum absolute atomic E-state index is 0.522. The molecule has 0 bridgehead atoms. The van der Waals surface area contributed by atoms with Crippen LogP contribution < -0.4 is 0 Å². The van der Waals surface area contributed by atoms with E-state index < -0.39 is 335 Å². The highest BCUT2D eigenvalue weighted by atomic mass is 16.8. The summed E-state index contributed by atoms with van der Waals surface area (Å²) in [5, 5.41) is 263. The van der Waals surface area contributed by atoms with Crippen LogP contribution in [0.4, 0.5) is 0 Å². The molecule has 9 aliphatic heterocycles. The molecule has 9 rings (SSSR count). The predicted octanol–water partition coefficient (Wildman–Crippen LogP) is -14.5. The van der Waals surface area contributed by atoms with Crippen LogP contribution in [0.5, 0.6) is 0 Å². The summed E-state index contributed by atoms with van der Waals surface area (Å²) in [5.41, 5.74) is 0. The predicted molar refractivity (Wildman–Crippen MR) is 313 cm³/mol. The Kier molecular flexibility index (Phi) is 29.3. The van der Waals surface area contributed by atoms with Crippen LogP contribution >= 0.6 is 0 Å². The van der Waals surface area contributed by atoms with Crippen LogP contribution in [0.25, 0.3) is 0 Å². The van der Waals surface area contributed by atoms with Crippen LogP contribution in [0.3, 0.4) is 0 Å². The van der Waals surface area contributed by atoms with Crippen molar-refractivity contribution in [1.82, 2.24) is 0 Å². The molecular weight excluding hydrogens is 1360 g/mol. The Bertz CT molecular complexity index is 2450. The van der Waals surface area contributed by atoms with Crippen LogP contribution in [0, 0.1) is 23.7 Å². The number of ether oxygens (including phenoxy) is 17. The summed E-state index contributed by atoms with van der Waals surface area (Å²) in [7, 11) is 0. The third-order valence-electron chi connectivity index (χ3n) is 20.5. The van der Waals surface area contributed by atoms with Gasteiger partial charge in [0.15, 0.2) is 50.3 Å². The van der Waals surface area contributed by atoms with Gasteiger partial charge in [-0.25, -0.2) is 0 Å². The summed E-state index contributed by atoms with van der Waals surface area (Å²) in [6.07, 6.45) is -72.7. The fourth-order valence-electron chi connectivity index (χ4n) is 13.8. The summed E-state index contributed by atoms with van der Waals surface area (Å²) in [6, 6.07) is 0. The molecule has 9 heterocycles. The van der Waals surface area contributed by atoms with Crippen LogP contribution in [0.15, 0.2) is 0 Å². The summed E-state index contributed by atoms with van der Waals surface area (Å²) in [4.78, 5) is 0. The molecule has 41 nitrogen and oxygen atoms in total. The normalized spacial score (nSPS) is 53.7. The maximum Gasteiger partial charge on any atom is 0.187 e. The van der Waals surface area contributed by atoms with Gasteiger partial charge in [-0.05, 0) is 6.92 Å². The first-order chi connectivity index (χ1) is 47.4. The first kappa shape index (κ1) is 82.4. The second-order valence-electron chi connectivity index (χ2n) is 27.0. The SMILES string of the molecule is CC1C(O)[C@H](O[C@@H]2OC(CO)[C@H](O)C(O)[C@@H]2O)[C@H](CO)O[C@H]1O[C@@H]1C(O)[C@H](O)C(CO)O[C@@H]1OCC1O[C@@H](O[C@@H]2C(CO)O[C@@H](O[C@@H]3C(CO)O[C@@H](C)C(C)[C@H]3O)[C@@H](C)C2O)C(O)[C@@H](O[C@H]2O[C@H](CO)[C@@H](O)C(O)C2O[C@@H]2OC(CO)[C@@H](O[C@@H]3OC(CO)[C@H](O)C(O)[C@@H]3O)C(O)[C@@H]2C)[C@@H]1O. The molecule has 9 fully saturated rings. The third-order valence-corrected chi connectivity index (χ3v) is 20.5. The average molecular weight is 1470 g/mol. The van der Waals surface area contributed by atoms with Crippen molar-refractivity contribution in [2.24, 2.45) is 23.7 Å². The minimum atomic E-state index is -2.32. The third kappa shape index (κ3) is 17.0. The van der Waals surface area contributed by atoms with Gasteiger partial charge in [-0.2, -0.15) is 0 Å². The largest absolute Gasteiger partial charge is 0.394 e. The highest BCUT2D eigenvalue weighted by Crippen LogP contribution is 2.42. The Hall–Kier alpha value is -1.64. The van der Waals surface area contributed by atoms with Crippen molar-refractivity contribution in [3.8, 4) is 0 Å². The molecule has 9 saturated heterocycles. The highest BCUT2D eigenvalue weighted by Gasteiger charge is 2.60. The van der Waals surface area contributed by atoms with E-state index in [1.807, 2.05) is 0 Å². The number of aliphatic hydroxyl groups excluding tert-OH is 24.